The summed E-state index contributed by atoms with van der Waals surface area (Å²) >= 11 is 0. The number of fused-ring (bicyclic) bond motifs is 1. The van der Waals surface area contributed by atoms with Crippen LogP contribution in [0.3, 0.4) is 0 Å². The van der Waals surface area contributed by atoms with E-state index in [1.54, 1.807) is 13.0 Å². The van der Waals surface area contributed by atoms with Gasteiger partial charge in [0.1, 0.15) is 11.8 Å². The molecular formula is C14H12N2O2. The zero-order chi connectivity index (χ0) is 13.1. The third-order valence-corrected chi connectivity index (χ3v) is 2.94. The number of carbonyl (C=O) groups is 1. The Morgan fingerprint density at radius 2 is 2.22 bits per heavy atom. The Bertz CT molecular complexity index is 644. The molecule has 1 N–H and O–H groups in total. The summed E-state index contributed by atoms with van der Waals surface area (Å²) in [5, 5.41) is 19.1. The van der Waals surface area contributed by atoms with Gasteiger partial charge in [-0.1, -0.05) is 25.1 Å². The molecule has 1 aromatic heterocycles. The van der Waals surface area contributed by atoms with E-state index in [1.807, 2.05) is 30.3 Å². The van der Waals surface area contributed by atoms with Gasteiger partial charge in [0.15, 0.2) is 0 Å². The molecule has 0 aliphatic heterocycles. The molecule has 0 bridgehead atoms. The second-order valence-electron chi connectivity index (χ2n) is 4.03. The monoisotopic (exact) mass is 240 g/mol. The number of para-hydroxylation sites is 1. The largest absolute Gasteiger partial charge is 0.481 e. The number of pyridine rings is 1. The molecule has 0 saturated heterocycles. The normalized spacial score (nSPS) is 12.0. The molecule has 18 heavy (non-hydrogen) atoms. The lowest BCUT2D eigenvalue weighted by molar-refractivity contribution is -0.138. The highest BCUT2D eigenvalue weighted by atomic mass is 16.4. The lowest BCUT2D eigenvalue weighted by Crippen LogP contribution is -2.13. The lowest BCUT2D eigenvalue weighted by atomic mass is 9.94. The van der Waals surface area contributed by atoms with E-state index >= 15 is 0 Å². The molecule has 0 aliphatic rings. The number of nitrogens with zero attached hydrogens (tertiary/aromatic N) is 2. The van der Waals surface area contributed by atoms with Crippen LogP contribution in [0.4, 0.5) is 0 Å². The second-order valence-corrected chi connectivity index (χ2v) is 4.03. The summed E-state index contributed by atoms with van der Waals surface area (Å²) in [6.07, 6.45) is 0.435. The lowest BCUT2D eigenvalue weighted by Gasteiger charge is -2.12. The van der Waals surface area contributed by atoms with E-state index in [9.17, 15) is 9.90 Å². The maximum absolute atomic E-state index is 11.2. The summed E-state index contributed by atoms with van der Waals surface area (Å²) in [5.74, 6) is -1.61. The zero-order valence-corrected chi connectivity index (χ0v) is 9.92. The average molecular weight is 240 g/mol. The van der Waals surface area contributed by atoms with Crippen LogP contribution in [0, 0.1) is 11.3 Å². The van der Waals surface area contributed by atoms with Crippen molar-refractivity contribution >= 4 is 16.9 Å². The van der Waals surface area contributed by atoms with Crippen LogP contribution in [-0.4, -0.2) is 16.1 Å². The van der Waals surface area contributed by atoms with E-state index in [0.29, 0.717) is 17.5 Å². The van der Waals surface area contributed by atoms with Gasteiger partial charge in [-0.15, -0.1) is 0 Å². The summed E-state index contributed by atoms with van der Waals surface area (Å²) < 4.78 is 0. The minimum atomic E-state index is -0.925. The standard InChI is InChI=1S/C14H12N2O2/c1-2-10(14(17)18)11-7-9-5-3-4-6-12(9)16-13(11)8-15/h3-7,10H,2H2,1H3,(H,17,18). The smallest absolute Gasteiger partial charge is 0.311 e. The van der Waals surface area contributed by atoms with Crippen LogP contribution in [0.5, 0.6) is 0 Å². The van der Waals surface area contributed by atoms with E-state index in [-0.39, 0.29) is 5.69 Å². The molecule has 4 nitrogen and oxygen atoms in total. The number of carboxylic acids is 1. The fraction of sp³-hybridized carbons (Fsp3) is 0.214. The second kappa shape index (κ2) is 4.84. The van der Waals surface area contributed by atoms with Crippen molar-refractivity contribution in [1.82, 2.24) is 4.98 Å². The van der Waals surface area contributed by atoms with Crippen LogP contribution in [0.15, 0.2) is 30.3 Å². The maximum Gasteiger partial charge on any atom is 0.311 e. The first-order chi connectivity index (χ1) is 8.67. The van der Waals surface area contributed by atoms with Crippen molar-refractivity contribution in [2.75, 3.05) is 0 Å². The molecular weight excluding hydrogens is 228 g/mol. The van der Waals surface area contributed by atoms with Crippen LogP contribution in [0.25, 0.3) is 10.9 Å². The van der Waals surface area contributed by atoms with E-state index in [1.165, 1.54) is 0 Å². The molecule has 0 radical (unpaired) electrons. The Kier molecular flexibility index (Phi) is 3.24. The average Bonchev–Trinajstić information content (AvgIpc) is 2.38. The molecule has 2 aromatic rings. The predicted octanol–water partition coefficient (Wildman–Crippen LogP) is 2.68. The number of benzene rings is 1. The Hall–Kier alpha value is -2.41. The highest BCUT2D eigenvalue weighted by Gasteiger charge is 2.22. The van der Waals surface area contributed by atoms with Gasteiger partial charge in [0, 0.05) is 10.9 Å². The Morgan fingerprint density at radius 1 is 1.50 bits per heavy atom. The van der Waals surface area contributed by atoms with E-state index in [4.69, 9.17) is 5.26 Å². The third-order valence-electron chi connectivity index (χ3n) is 2.94. The summed E-state index contributed by atoms with van der Waals surface area (Å²) in [4.78, 5) is 15.4. The minimum absolute atomic E-state index is 0.197. The molecule has 0 spiro atoms. The SMILES string of the molecule is CCC(C(=O)O)c1cc2ccccc2nc1C#N. The first-order valence-electron chi connectivity index (χ1n) is 5.70. The molecule has 0 amide bonds. The van der Waals surface area contributed by atoms with Crippen molar-refractivity contribution in [2.24, 2.45) is 0 Å². The van der Waals surface area contributed by atoms with Gasteiger partial charge in [0.25, 0.3) is 0 Å². The molecule has 4 heteroatoms. The van der Waals surface area contributed by atoms with Gasteiger partial charge >= 0.3 is 5.97 Å². The molecule has 1 unspecified atom stereocenters. The van der Waals surface area contributed by atoms with Crippen LogP contribution in [0.2, 0.25) is 0 Å². The molecule has 1 aromatic carbocycles. The van der Waals surface area contributed by atoms with Crippen LogP contribution >= 0.6 is 0 Å². The fourth-order valence-electron chi connectivity index (χ4n) is 2.02. The van der Waals surface area contributed by atoms with Crippen molar-refractivity contribution in [3.05, 3.63) is 41.6 Å². The van der Waals surface area contributed by atoms with Crippen molar-refractivity contribution < 1.29 is 9.90 Å². The van der Waals surface area contributed by atoms with E-state index in [0.717, 1.165) is 5.39 Å². The number of aliphatic carboxylic acids is 1. The number of carboxylic acid groups (broad SMARTS) is 1. The van der Waals surface area contributed by atoms with Crippen LogP contribution in [0.1, 0.15) is 30.5 Å². The fourth-order valence-corrected chi connectivity index (χ4v) is 2.02. The minimum Gasteiger partial charge on any atom is -0.481 e. The van der Waals surface area contributed by atoms with E-state index < -0.39 is 11.9 Å². The molecule has 1 heterocycles. The van der Waals surface area contributed by atoms with Gasteiger partial charge in [0.05, 0.1) is 11.4 Å². The first-order valence-corrected chi connectivity index (χ1v) is 5.70. The van der Waals surface area contributed by atoms with Gasteiger partial charge in [-0.25, -0.2) is 4.98 Å². The van der Waals surface area contributed by atoms with Gasteiger partial charge in [-0.05, 0) is 18.6 Å². The van der Waals surface area contributed by atoms with Crippen LogP contribution in [-0.2, 0) is 4.79 Å². The Morgan fingerprint density at radius 3 is 2.83 bits per heavy atom. The molecule has 0 aliphatic carbocycles. The predicted molar refractivity (Wildman–Crippen MR) is 67.1 cm³/mol. The number of hydrogen-bond acceptors (Lipinski definition) is 3. The first kappa shape index (κ1) is 12.1. The van der Waals surface area contributed by atoms with Gasteiger partial charge in [-0.3, -0.25) is 4.79 Å². The summed E-state index contributed by atoms with van der Waals surface area (Å²) in [5.41, 5.74) is 1.40. The van der Waals surface area contributed by atoms with Crippen molar-refractivity contribution in [3.8, 4) is 6.07 Å². The van der Waals surface area contributed by atoms with Crippen molar-refractivity contribution in [1.29, 1.82) is 5.26 Å². The van der Waals surface area contributed by atoms with Gasteiger partial charge in [0.2, 0.25) is 0 Å². The topological polar surface area (TPSA) is 74.0 Å². The molecule has 1 atom stereocenters. The third kappa shape index (κ3) is 2.03. The maximum atomic E-state index is 11.2. The quantitative estimate of drug-likeness (QED) is 0.895. The Labute approximate surface area is 105 Å². The zero-order valence-electron chi connectivity index (χ0n) is 9.92. The highest BCUT2D eigenvalue weighted by Crippen LogP contribution is 2.26. The van der Waals surface area contributed by atoms with Crippen LogP contribution < -0.4 is 0 Å². The molecule has 90 valence electrons. The molecule has 2 rings (SSSR count). The van der Waals surface area contributed by atoms with Crippen molar-refractivity contribution in [3.63, 3.8) is 0 Å². The van der Waals surface area contributed by atoms with Crippen molar-refractivity contribution in [2.45, 2.75) is 19.3 Å². The summed E-state index contributed by atoms with van der Waals surface area (Å²) in [7, 11) is 0. The number of nitriles is 1. The number of hydrogen-bond donors (Lipinski definition) is 1. The molecule has 0 fully saturated rings. The number of aromatic nitrogens is 1. The molecule has 0 saturated carbocycles. The van der Waals surface area contributed by atoms with Gasteiger partial charge < -0.3 is 5.11 Å². The number of rotatable bonds is 3. The Balaban J connectivity index is 2.69. The summed E-state index contributed by atoms with van der Waals surface area (Å²) in [6.45, 7) is 1.79. The van der Waals surface area contributed by atoms with E-state index in [2.05, 4.69) is 4.98 Å². The summed E-state index contributed by atoms with van der Waals surface area (Å²) in [6, 6.07) is 11.1. The highest BCUT2D eigenvalue weighted by molar-refractivity contribution is 5.83. The van der Waals surface area contributed by atoms with Gasteiger partial charge in [-0.2, -0.15) is 5.26 Å².